The molecule has 0 amide bonds. The molecule has 0 spiro atoms. The van der Waals surface area contributed by atoms with Gasteiger partial charge in [-0.1, -0.05) is 18.2 Å². The number of carbonyl (C=O) groups excluding carboxylic acids is 1. The molecule has 0 radical (unpaired) electrons. The van der Waals surface area contributed by atoms with Gasteiger partial charge in [0.15, 0.2) is 0 Å². The van der Waals surface area contributed by atoms with E-state index in [1.165, 1.54) is 12.1 Å². The third-order valence-electron chi connectivity index (χ3n) is 4.69. The summed E-state index contributed by atoms with van der Waals surface area (Å²) in [5, 5.41) is 10.0. The number of halogens is 3. The SMILES string of the molecule is CN1CC2OC(=O)C[C@@H]2[C@H]1/C=C/C(O)COc1cccc(C(F)(F)F)c1. The van der Waals surface area contributed by atoms with Crippen LogP contribution in [0.25, 0.3) is 0 Å². The van der Waals surface area contributed by atoms with Crippen molar-refractivity contribution in [3.8, 4) is 5.75 Å². The van der Waals surface area contributed by atoms with Gasteiger partial charge < -0.3 is 14.6 Å². The minimum absolute atomic E-state index is 0.0327. The van der Waals surface area contributed by atoms with E-state index < -0.39 is 17.8 Å². The Bertz CT molecular complexity index is 691. The Morgan fingerprint density at radius 1 is 1.46 bits per heavy atom. The number of aliphatic hydroxyl groups is 1. The first-order valence-corrected chi connectivity index (χ1v) is 8.30. The zero-order valence-corrected chi connectivity index (χ0v) is 14.1. The Balaban J connectivity index is 1.55. The average molecular weight is 371 g/mol. The summed E-state index contributed by atoms with van der Waals surface area (Å²) >= 11 is 0. The van der Waals surface area contributed by atoms with Gasteiger partial charge in [0.25, 0.3) is 0 Å². The van der Waals surface area contributed by atoms with Crippen LogP contribution in [0.1, 0.15) is 12.0 Å². The summed E-state index contributed by atoms with van der Waals surface area (Å²) in [5.74, 6) is -0.111. The molecule has 0 aliphatic carbocycles. The Morgan fingerprint density at radius 3 is 2.96 bits per heavy atom. The van der Waals surface area contributed by atoms with E-state index in [2.05, 4.69) is 0 Å². The fraction of sp³-hybridized carbons (Fsp3) is 0.500. The number of likely N-dealkylation sites (N-methyl/N-ethyl adjacent to an activating group) is 1. The minimum atomic E-state index is -4.44. The Hall–Kier alpha value is -2.06. The maximum Gasteiger partial charge on any atom is 0.416 e. The van der Waals surface area contributed by atoms with E-state index in [0.717, 1.165) is 12.1 Å². The molecule has 2 fully saturated rings. The normalized spacial score (nSPS) is 27.6. The van der Waals surface area contributed by atoms with Crippen molar-refractivity contribution in [2.24, 2.45) is 5.92 Å². The average Bonchev–Trinajstić information content (AvgIpc) is 3.05. The zero-order valence-electron chi connectivity index (χ0n) is 14.1. The minimum Gasteiger partial charge on any atom is -0.491 e. The highest BCUT2D eigenvalue weighted by molar-refractivity contribution is 5.72. The van der Waals surface area contributed by atoms with E-state index in [4.69, 9.17) is 9.47 Å². The second kappa shape index (κ2) is 7.28. The number of ether oxygens (including phenoxy) is 2. The number of rotatable bonds is 5. The van der Waals surface area contributed by atoms with Crippen molar-refractivity contribution >= 4 is 5.97 Å². The monoisotopic (exact) mass is 371 g/mol. The number of benzene rings is 1. The van der Waals surface area contributed by atoms with E-state index in [1.807, 2.05) is 11.9 Å². The number of aliphatic hydroxyl groups excluding tert-OH is 1. The van der Waals surface area contributed by atoms with E-state index in [9.17, 15) is 23.1 Å². The largest absolute Gasteiger partial charge is 0.491 e. The fourth-order valence-electron chi connectivity index (χ4n) is 3.41. The molecule has 4 atom stereocenters. The number of hydrogen-bond acceptors (Lipinski definition) is 5. The third-order valence-corrected chi connectivity index (χ3v) is 4.69. The molecule has 5 nitrogen and oxygen atoms in total. The van der Waals surface area contributed by atoms with Crippen molar-refractivity contribution in [2.75, 3.05) is 20.2 Å². The number of alkyl halides is 3. The summed E-state index contributed by atoms with van der Waals surface area (Å²) in [4.78, 5) is 13.4. The summed E-state index contributed by atoms with van der Waals surface area (Å²) < 4.78 is 48.5. The van der Waals surface area contributed by atoms with E-state index in [-0.39, 0.29) is 36.4 Å². The van der Waals surface area contributed by atoms with Crippen molar-refractivity contribution in [3.05, 3.63) is 42.0 Å². The standard InChI is InChI=1S/C18H20F3NO4/c1-22-9-16-14(8-17(24)26-16)15(22)6-5-12(23)10-25-13-4-2-3-11(7-13)18(19,20)21/h2-7,12,14-16,23H,8-10H2,1H3/b6-5+/t12?,14-,15-,16?/m1/s1. The van der Waals surface area contributed by atoms with Gasteiger partial charge in [0.2, 0.25) is 0 Å². The molecule has 2 saturated heterocycles. The van der Waals surface area contributed by atoms with Crippen LogP contribution in [0.15, 0.2) is 36.4 Å². The Labute approximate surface area is 149 Å². The van der Waals surface area contributed by atoms with Crippen molar-refractivity contribution in [2.45, 2.75) is 30.8 Å². The first-order valence-electron chi connectivity index (χ1n) is 8.30. The molecule has 0 bridgehead atoms. The van der Waals surface area contributed by atoms with Gasteiger partial charge in [-0.2, -0.15) is 13.2 Å². The highest BCUT2D eigenvalue weighted by Crippen LogP contribution is 2.35. The molecule has 26 heavy (non-hydrogen) atoms. The molecule has 1 aromatic carbocycles. The van der Waals surface area contributed by atoms with E-state index in [0.29, 0.717) is 13.0 Å². The highest BCUT2D eigenvalue weighted by atomic mass is 19.4. The molecular formula is C18H20F3NO4. The van der Waals surface area contributed by atoms with E-state index in [1.54, 1.807) is 12.2 Å². The molecule has 2 heterocycles. The number of nitrogens with zero attached hydrogens (tertiary/aromatic N) is 1. The molecule has 0 aromatic heterocycles. The van der Waals surface area contributed by atoms with Gasteiger partial charge in [0, 0.05) is 18.5 Å². The lowest BCUT2D eigenvalue weighted by atomic mass is 9.96. The lowest BCUT2D eigenvalue weighted by Gasteiger charge is -2.19. The first-order chi connectivity index (χ1) is 12.2. The van der Waals surface area contributed by atoms with Crippen LogP contribution in [0.3, 0.4) is 0 Å². The molecule has 2 aliphatic heterocycles. The number of hydrogen-bond donors (Lipinski definition) is 1. The fourth-order valence-corrected chi connectivity index (χ4v) is 3.41. The number of esters is 1. The molecule has 0 saturated carbocycles. The van der Waals surface area contributed by atoms with Crippen LogP contribution >= 0.6 is 0 Å². The van der Waals surface area contributed by atoms with Crippen LogP contribution in [0.4, 0.5) is 13.2 Å². The quantitative estimate of drug-likeness (QED) is 0.636. The number of fused-ring (bicyclic) bond motifs is 1. The molecule has 2 unspecified atom stereocenters. The summed E-state index contributed by atoms with van der Waals surface area (Å²) in [6, 6.07) is 4.48. The second-order valence-corrected chi connectivity index (χ2v) is 6.62. The summed E-state index contributed by atoms with van der Waals surface area (Å²) in [7, 11) is 1.91. The topological polar surface area (TPSA) is 59.0 Å². The van der Waals surface area contributed by atoms with Crippen molar-refractivity contribution in [3.63, 3.8) is 0 Å². The molecule has 2 aliphatic rings. The van der Waals surface area contributed by atoms with Crippen LogP contribution < -0.4 is 4.74 Å². The van der Waals surface area contributed by atoms with Gasteiger partial charge in [-0.15, -0.1) is 0 Å². The maximum absolute atomic E-state index is 12.7. The number of carbonyl (C=O) groups is 1. The van der Waals surface area contributed by atoms with Crippen LogP contribution in [0.2, 0.25) is 0 Å². The predicted octanol–water partition coefficient (Wildman–Crippen LogP) is 2.25. The van der Waals surface area contributed by atoms with Gasteiger partial charge >= 0.3 is 12.1 Å². The van der Waals surface area contributed by atoms with Gasteiger partial charge in [-0.25, -0.2) is 0 Å². The van der Waals surface area contributed by atoms with Crippen molar-refractivity contribution < 1.29 is 32.5 Å². The molecule has 3 rings (SSSR count). The molecular weight excluding hydrogens is 351 g/mol. The van der Waals surface area contributed by atoms with Crippen LogP contribution in [-0.4, -0.2) is 54.4 Å². The summed E-state index contributed by atoms with van der Waals surface area (Å²) in [6.45, 7) is 0.472. The first kappa shape index (κ1) is 18.7. The predicted molar refractivity (Wildman–Crippen MR) is 86.5 cm³/mol. The Kier molecular flexibility index (Phi) is 5.24. The van der Waals surface area contributed by atoms with Gasteiger partial charge in [0.1, 0.15) is 24.6 Å². The lowest BCUT2D eigenvalue weighted by molar-refractivity contribution is -0.141. The highest BCUT2D eigenvalue weighted by Gasteiger charge is 2.46. The van der Waals surface area contributed by atoms with Gasteiger partial charge in [-0.05, 0) is 25.2 Å². The van der Waals surface area contributed by atoms with Crippen LogP contribution in [0.5, 0.6) is 5.75 Å². The summed E-state index contributed by atoms with van der Waals surface area (Å²) in [5.41, 5.74) is -0.801. The molecule has 142 valence electrons. The lowest BCUT2D eigenvalue weighted by Crippen LogP contribution is -2.28. The van der Waals surface area contributed by atoms with Gasteiger partial charge in [-0.3, -0.25) is 9.69 Å². The third kappa shape index (κ3) is 4.19. The zero-order chi connectivity index (χ0) is 18.9. The van der Waals surface area contributed by atoms with Crippen LogP contribution in [0, 0.1) is 5.92 Å². The molecule has 1 N–H and O–H groups in total. The van der Waals surface area contributed by atoms with Crippen LogP contribution in [-0.2, 0) is 15.7 Å². The smallest absolute Gasteiger partial charge is 0.416 e. The number of likely N-dealkylation sites (tertiary alicyclic amines) is 1. The molecule has 8 heteroatoms. The Morgan fingerprint density at radius 2 is 2.23 bits per heavy atom. The maximum atomic E-state index is 12.7. The van der Waals surface area contributed by atoms with Crippen molar-refractivity contribution in [1.82, 2.24) is 4.90 Å². The summed E-state index contributed by atoms with van der Waals surface area (Å²) in [6.07, 6.45) is -1.86. The van der Waals surface area contributed by atoms with Crippen molar-refractivity contribution in [1.29, 1.82) is 0 Å². The second-order valence-electron chi connectivity index (χ2n) is 6.62. The van der Waals surface area contributed by atoms with Gasteiger partial charge in [0.05, 0.1) is 12.0 Å². The van der Waals surface area contributed by atoms with E-state index >= 15 is 0 Å². The molecule has 1 aromatic rings.